The highest BCUT2D eigenvalue weighted by molar-refractivity contribution is 7.80. The zero-order chi connectivity index (χ0) is 13.5. The van der Waals surface area contributed by atoms with Crippen LogP contribution < -0.4 is 10.5 Å². The van der Waals surface area contributed by atoms with E-state index in [1.807, 2.05) is 36.4 Å². The summed E-state index contributed by atoms with van der Waals surface area (Å²) in [6.45, 7) is 0.641. The molecule has 1 aromatic carbocycles. The average Bonchev–Trinajstić information content (AvgIpc) is 2.45. The van der Waals surface area contributed by atoms with Crippen molar-refractivity contribution in [2.75, 3.05) is 6.61 Å². The predicted molar refractivity (Wildman–Crippen MR) is 80.4 cm³/mol. The van der Waals surface area contributed by atoms with E-state index in [0.29, 0.717) is 11.6 Å². The number of thiocarbonyl (C=S) groups is 1. The zero-order valence-corrected chi connectivity index (χ0v) is 11.4. The molecule has 2 rings (SSSR count). The minimum Gasteiger partial charge on any atom is -0.493 e. The number of hydrogen-bond acceptors (Lipinski definition) is 3. The quantitative estimate of drug-likeness (QED) is 0.649. The molecule has 0 atom stereocenters. The van der Waals surface area contributed by atoms with Crippen LogP contribution in [0, 0.1) is 0 Å². The van der Waals surface area contributed by atoms with Crippen molar-refractivity contribution >= 4 is 17.2 Å². The van der Waals surface area contributed by atoms with Crippen LogP contribution in [0.15, 0.2) is 48.8 Å². The molecule has 19 heavy (non-hydrogen) atoms. The first-order valence-corrected chi connectivity index (χ1v) is 6.59. The lowest BCUT2D eigenvalue weighted by Gasteiger charge is -2.10. The van der Waals surface area contributed by atoms with E-state index in [2.05, 4.69) is 4.98 Å². The largest absolute Gasteiger partial charge is 0.493 e. The molecular weight excluding hydrogens is 256 g/mol. The van der Waals surface area contributed by atoms with Gasteiger partial charge in [0.1, 0.15) is 10.7 Å². The predicted octanol–water partition coefficient (Wildman–Crippen LogP) is 2.73. The number of rotatable bonds is 6. The Bertz CT molecular complexity index is 543. The molecule has 0 spiro atoms. The fraction of sp³-hybridized carbons (Fsp3) is 0.200. The van der Waals surface area contributed by atoms with Crippen molar-refractivity contribution in [3.63, 3.8) is 0 Å². The van der Waals surface area contributed by atoms with Crippen LogP contribution in [0.5, 0.6) is 5.75 Å². The lowest BCUT2D eigenvalue weighted by atomic mass is 10.1. The molecule has 0 aliphatic carbocycles. The molecule has 0 radical (unpaired) electrons. The van der Waals surface area contributed by atoms with Crippen LogP contribution in [0.25, 0.3) is 0 Å². The van der Waals surface area contributed by atoms with Crippen molar-refractivity contribution < 1.29 is 4.74 Å². The number of nitrogens with two attached hydrogens (primary N) is 1. The molecule has 3 nitrogen and oxygen atoms in total. The molecule has 0 saturated carbocycles. The van der Waals surface area contributed by atoms with Gasteiger partial charge in [0.05, 0.1) is 12.2 Å². The first-order valence-electron chi connectivity index (χ1n) is 6.18. The van der Waals surface area contributed by atoms with E-state index < -0.39 is 0 Å². The number of hydrogen-bond donors (Lipinski definition) is 1. The molecule has 2 aromatic rings. The van der Waals surface area contributed by atoms with Gasteiger partial charge in [-0.3, -0.25) is 4.98 Å². The molecule has 98 valence electrons. The molecule has 1 heterocycles. The summed E-state index contributed by atoms with van der Waals surface area (Å²) >= 11 is 5.00. The number of aromatic nitrogens is 1. The average molecular weight is 272 g/mol. The van der Waals surface area contributed by atoms with Gasteiger partial charge in [-0.2, -0.15) is 0 Å². The minimum atomic E-state index is 0.365. The van der Waals surface area contributed by atoms with Gasteiger partial charge >= 0.3 is 0 Å². The lowest BCUT2D eigenvalue weighted by molar-refractivity contribution is 0.310. The van der Waals surface area contributed by atoms with Gasteiger partial charge in [-0.15, -0.1) is 0 Å². The maximum absolute atomic E-state index is 5.74. The van der Waals surface area contributed by atoms with Gasteiger partial charge in [-0.05, 0) is 42.7 Å². The monoisotopic (exact) mass is 272 g/mol. The third-order valence-corrected chi connectivity index (χ3v) is 2.99. The number of ether oxygens (including phenoxy) is 1. The van der Waals surface area contributed by atoms with Gasteiger partial charge in [0, 0.05) is 12.4 Å². The van der Waals surface area contributed by atoms with Gasteiger partial charge in [-0.25, -0.2) is 0 Å². The van der Waals surface area contributed by atoms with Crippen molar-refractivity contribution in [1.82, 2.24) is 4.98 Å². The standard InChI is InChI=1S/C15H16N2OS/c16-15(19)13-5-1-2-6-14(13)18-11-3-4-12-7-9-17-10-8-12/h1-2,5-10H,3-4,11H2,(H2,16,19). The molecule has 4 heteroatoms. The molecule has 0 unspecified atom stereocenters. The van der Waals surface area contributed by atoms with Crippen molar-refractivity contribution in [3.05, 3.63) is 59.9 Å². The number of para-hydroxylation sites is 1. The van der Waals surface area contributed by atoms with Crippen molar-refractivity contribution in [2.45, 2.75) is 12.8 Å². The second-order valence-electron chi connectivity index (χ2n) is 4.17. The Labute approximate surface area is 118 Å². The van der Waals surface area contributed by atoms with Crippen LogP contribution in [0.1, 0.15) is 17.5 Å². The molecule has 0 amide bonds. The maximum Gasteiger partial charge on any atom is 0.129 e. The molecule has 0 saturated heterocycles. The Morgan fingerprint density at radius 2 is 1.89 bits per heavy atom. The van der Waals surface area contributed by atoms with Crippen LogP contribution in [0.3, 0.4) is 0 Å². The highest BCUT2D eigenvalue weighted by atomic mass is 32.1. The van der Waals surface area contributed by atoms with E-state index in [1.54, 1.807) is 12.4 Å². The van der Waals surface area contributed by atoms with Gasteiger partial charge in [0.15, 0.2) is 0 Å². The Hall–Kier alpha value is -1.94. The molecule has 0 bridgehead atoms. The summed E-state index contributed by atoms with van der Waals surface area (Å²) in [6, 6.07) is 11.6. The van der Waals surface area contributed by atoms with Crippen molar-refractivity contribution in [2.24, 2.45) is 5.73 Å². The minimum absolute atomic E-state index is 0.365. The van der Waals surface area contributed by atoms with E-state index in [1.165, 1.54) is 5.56 Å². The normalized spacial score (nSPS) is 10.1. The van der Waals surface area contributed by atoms with Crippen LogP contribution >= 0.6 is 12.2 Å². The van der Waals surface area contributed by atoms with E-state index >= 15 is 0 Å². The fourth-order valence-corrected chi connectivity index (χ4v) is 1.97. The van der Waals surface area contributed by atoms with Gasteiger partial charge in [0.25, 0.3) is 0 Å². The zero-order valence-electron chi connectivity index (χ0n) is 10.6. The first-order chi connectivity index (χ1) is 9.27. The topological polar surface area (TPSA) is 48.1 Å². The van der Waals surface area contributed by atoms with E-state index in [-0.39, 0.29) is 0 Å². The van der Waals surface area contributed by atoms with Crippen molar-refractivity contribution in [3.8, 4) is 5.75 Å². The Morgan fingerprint density at radius 1 is 1.16 bits per heavy atom. The third kappa shape index (κ3) is 4.03. The lowest BCUT2D eigenvalue weighted by Crippen LogP contribution is -2.12. The number of aryl methyl sites for hydroxylation is 1. The Kier molecular flexibility index (Phi) is 4.86. The van der Waals surface area contributed by atoms with Gasteiger partial charge < -0.3 is 10.5 Å². The smallest absolute Gasteiger partial charge is 0.129 e. The van der Waals surface area contributed by atoms with Crippen LogP contribution in [0.2, 0.25) is 0 Å². The molecule has 1 aromatic heterocycles. The molecular formula is C15H16N2OS. The van der Waals surface area contributed by atoms with Crippen LogP contribution in [0.4, 0.5) is 0 Å². The van der Waals surface area contributed by atoms with Crippen LogP contribution in [-0.4, -0.2) is 16.6 Å². The SMILES string of the molecule is NC(=S)c1ccccc1OCCCc1ccncc1. The fourth-order valence-electron chi connectivity index (χ4n) is 1.80. The highest BCUT2D eigenvalue weighted by Crippen LogP contribution is 2.18. The first kappa shape index (κ1) is 13.5. The number of nitrogens with zero attached hydrogens (tertiary/aromatic N) is 1. The van der Waals surface area contributed by atoms with Crippen molar-refractivity contribution in [1.29, 1.82) is 0 Å². The Balaban J connectivity index is 1.85. The van der Waals surface area contributed by atoms with E-state index in [4.69, 9.17) is 22.7 Å². The van der Waals surface area contributed by atoms with E-state index in [0.717, 1.165) is 24.2 Å². The molecule has 0 aliphatic heterocycles. The molecule has 0 aliphatic rings. The number of benzene rings is 1. The number of pyridine rings is 1. The summed E-state index contributed by atoms with van der Waals surface area (Å²) in [6.07, 6.45) is 5.52. The molecule has 0 fully saturated rings. The second kappa shape index (κ2) is 6.85. The summed E-state index contributed by atoms with van der Waals surface area (Å²) < 4.78 is 5.74. The van der Waals surface area contributed by atoms with E-state index in [9.17, 15) is 0 Å². The third-order valence-electron chi connectivity index (χ3n) is 2.77. The Morgan fingerprint density at radius 3 is 2.63 bits per heavy atom. The summed E-state index contributed by atoms with van der Waals surface area (Å²) in [7, 11) is 0. The van der Waals surface area contributed by atoms with Gasteiger partial charge in [-0.1, -0.05) is 24.4 Å². The summed E-state index contributed by atoms with van der Waals surface area (Å²) in [5.74, 6) is 0.754. The maximum atomic E-state index is 5.74. The van der Waals surface area contributed by atoms with Gasteiger partial charge in [0.2, 0.25) is 0 Å². The highest BCUT2D eigenvalue weighted by Gasteiger charge is 2.04. The summed E-state index contributed by atoms with van der Waals surface area (Å²) in [4.78, 5) is 4.36. The van der Waals surface area contributed by atoms with Crippen LogP contribution in [-0.2, 0) is 6.42 Å². The summed E-state index contributed by atoms with van der Waals surface area (Å²) in [5.41, 5.74) is 7.71. The summed E-state index contributed by atoms with van der Waals surface area (Å²) in [5, 5.41) is 0. The molecule has 2 N–H and O–H groups in total. The second-order valence-corrected chi connectivity index (χ2v) is 4.61.